The number of nitrogens with zero attached hydrogens (tertiary/aromatic N) is 3. The van der Waals surface area contributed by atoms with E-state index in [9.17, 15) is 4.79 Å². The molecule has 0 spiro atoms. The topological polar surface area (TPSA) is 71.3 Å². The Balaban J connectivity index is 1.40. The molecule has 0 unspecified atom stereocenters. The highest BCUT2D eigenvalue weighted by atomic mass is 32.1. The highest BCUT2D eigenvalue weighted by Crippen LogP contribution is 2.19. The van der Waals surface area contributed by atoms with Crippen molar-refractivity contribution in [2.45, 2.75) is 38.6 Å². The molecular formula is C16H22N4O2S. The molecule has 3 rings (SSSR count). The van der Waals surface area contributed by atoms with E-state index < -0.39 is 0 Å². The lowest BCUT2D eigenvalue weighted by Gasteiger charge is -2.23. The van der Waals surface area contributed by atoms with Crippen LogP contribution in [-0.2, 0) is 11.2 Å². The van der Waals surface area contributed by atoms with E-state index in [0.717, 1.165) is 18.7 Å². The Morgan fingerprint density at radius 2 is 2.30 bits per heavy atom. The second-order valence-electron chi connectivity index (χ2n) is 5.92. The van der Waals surface area contributed by atoms with Gasteiger partial charge < -0.3 is 9.84 Å². The zero-order valence-electron chi connectivity index (χ0n) is 13.3. The molecule has 1 aliphatic rings. The molecule has 124 valence electrons. The number of hydrogen-bond donors (Lipinski definition) is 1. The van der Waals surface area contributed by atoms with Crippen LogP contribution in [0.5, 0.6) is 0 Å². The van der Waals surface area contributed by atoms with Gasteiger partial charge in [-0.25, -0.2) is 0 Å². The summed E-state index contributed by atoms with van der Waals surface area (Å²) in [5.74, 6) is 1.13. The van der Waals surface area contributed by atoms with Crippen LogP contribution in [0.15, 0.2) is 21.3 Å². The number of amides is 1. The lowest BCUT2D eigenvalue weighted by atomic mass is 10.2. The first-order valence-corrected chi connectivity index (χ1v) is 9.02. The quantitative estimate of drug-likeness (QED) is 0.841. The van der Waals surface area contributed by atoms with Crippen molar-refractivity contribution >= 4 is 17.2 Å². The number of aromatic nitrogens is 2. The third-order valence-corrected chi connectivity index (χ3v) is 4.86. The molecule has 0 bridgehead atoms. The van der Waals surface area contributed by atoms with Crippen LogP contribution in [0.25, 0.3) is 11.4 Å². The zero-order chi connectivity index (χ0) is 16.1. The van der Waals surface area contributed by atoms with Crippen LogP contribution in [-0.4, -0.2) is 46.6 Å². The van der Waals surface area contributed by atoms with Crippen molar-refractivity contribution in [1.82, 2.24) is 20.4 Å². The SMILES string of the molecule is C[C@@H](CNC(=O)CCc1nc(-c2ccsc2)no1)N1CCCC1. The molecule has 7 heteroatoms. The molecule has 2 aromatic rings. The molecule has 1 N–H and O–H groups in total. The van der Waals surface area contributed by atoms with E-state index in [0.29, 0.717) is 37.1 Å². The summed E-state index contributed by atoms with van der Waals surface area (Å²) in [5.41, 5.74) is 0.953. The molecule has 0 saturated carbocycles. The smallest absolute Gasteiger partial charge is 0.227 e. The molecular weight excluding hydrogens is 312 g/mol. The average Bonchev–Trinajstić information content (AvgIpc) is 3.32. The van der Waals surface area contributed by atoms with Crippen LogP contribution in [0.4, 0.5) is 0 Å². The zero-order valence-corrected chi connectivity index (χ0v) is 14.1. The summed E-state index contributed by atoms with van der Waals surface area (Å²) in [6.45, 7) is 5.15. The first-order valence-electron chi connectivity index (χ1n) is 8.08. The number of hydrogen-bond acceptors (Lipinski definition) is 6. The van der Waals surface area contributed by atoms with Crippen molar-refractivity contribution in [2.75, 3.05) is 19.6 Å². The van der Waals surface area contributed by atoms with E-state index in [1.807, 2.05) is 16.8 Å². The first-order chi connectivity index (χ1) is 11.2. The molecule has 6 nitrogen and oxygen atoms in total. The highest BCUT2D eigenvalue weighted by molar-refractivity contribution is 7.08. The Labute approximate surface area is 139 Å². The van der Waals surface area contributed by atoms with E-state index in [-0.39, 0.29) is 5.91 Å². The van der Waals surface area contributed by atoms with Crippen molar-refractivity contribution < 1.29 is 9.32 Å². The predicted molar refractivity (Wildman–Crippen MR) is 89.2 cm³/mol. The van der Waals surface area contributed by atoms with Crippen molar-refractivity contribution in [3.05, 3.63) is 22.7 Å². The Bertz CT molecular complexity index is 620. The maximum Gasteiger partial charge on any atom is 0.227 e. The van der Waals surface area contributed by atoms with Crippen molar-refractivity contribution in [3.63, 3.8) is 0 Å². The monoisotopic (exact) mass is 334 g/mol. The summed E-state index contributed by atoms with van der Waals surface area (Å²) in [6.07, 6.45) is 3.38. The van der Waals surface area contributed by atoms with Gasteiger partial charge in [-0.3, -0.25) is 9.69 Å². The summed E-state index contributed by atoms with van der Waals surface area (Å²) in [5, 5.41) is 10.9. The number of thiophene rings is 1. The third-order valence-electron chi connectivity index (χ3n) is 4.17. The van der Waals surface area contributed by atoms with Gasteiger partial charge >= 0.3 is 0 Å². The second kappa shape index (κ2) is 7.70. The Morgan fingerprint density at radius 3 is 3.04 bits per heavy atom. The molecule has 1 saturated heterocycles. The van der Waals surface area contributed by atoms with Crippen LogP contribution in [0, 0.1) is 0 Å². The summed E-state index contributed by atoms with van der Waals surface area (Å²) < 4.78 is 5.20. The lowest BCUT2D eigenvalue weighted by Crippen LogP contribution is -2.40. The largest absolute Gasteiger partial charge is 0.355 e. The molecule has 2 aromatic heterocycles. The summed E-state index contributed by atoms with van der Waals surface area (Å²) in [4.78, 5) is 18.7. The Kier molecular flexibility index (Phi) is 5.40. The van der Waals surface area contributed by atoms with E-state index in [1.54, 1.807) is 11.3 Å². The fourth-order valence-electron chi connectivity index (χ4n) is 2.75. The fraction of sp³-hybridized carbons (Fsp3) is 0.562. The van der Waals surface area contributed by atoms with Gasteiger partial charge in [0.25, 0.3) is 0 Å². The number of likely N-dealkylation sites (tertiary alicyclic amines) is 1. The summed E-state index contributed by atoms with van der Waals surface area (Å²) in [7, 11) is 0. The molecule has 0 aliphatic carbocycles. The van der Waals surface area contributed by atoms with Gasteiger partial charge in [-0.1, -0.05) is 5.16 Å². The van der Waals surface area contributed by atoms with Crippen molar-refractivity contribution in [3.8, 4) is 11.4 Å². The Hall–Kier alpha value is -1.73. The number of nitrogens with one attached hydrogen (secondary N) is 1. The Morgan fingerprint density at radius 1 is 1.48 bits per heavy atom. The van der Waals surface area contributed by atoms with Crippen LogP contribution in [0.2, 0.25) is 0 Å². The summed E-state index contributed by atoms with van der Waals surface area (Å²) in [6, 6.07) is 2.35. The first kappa shape index (κ1) is 16.1. The molecule has 1 aliphatic heterocycles. The standard InChI is InChI=1S/C16H22N4O2S/c1-12(20-7-2-3-8-20)10-17-14(21)4-5-15-18-16(19-22-15)13-6-9-23-11-13/h6,9,11-12H,2-5,7-8,10H2,1H3,(H,17,21)/t12-/m0/s1. The normalized spacial score (nSPS) is 16.6. The van der Waals surface area contributed by atoms with Crippen LogP contribution < -0.4 is 5.32 Å². The molecule has 1 fully saturated rings. The number of carbonyl (C=O) groups excluding carboxylic acids is 1. The van der Waals surface area contributed by atoms with Gasteiger partial charge in [0.05, 0.1) is 0 Å². The maximum absolute atomic E-state index is 12.0. The third kappa shape index (κ3) is 4.39. The van der Waals surface area contributed by atoms with E-state index in [4.69, 9.17) is 4.52 Å². The molecule has 0 radical (unpaired) electrons. The van der Waals surface area contributed by atoms with Gasteiger partial charge in [0.2, 0.25) is 17.6 Å². The van der Waals surface area contributed by atoms with Crippen molar-refractivity contribution in [2.24, 2.45) is 0 Å². The lowest BCUT2D eigenvalue weighted by molar-refractivity contribution is -0.121. The minimum Gasteiger partial charge on any atom is -0.355 e. The minimum atomic E-state index is 0.0336. The van der Waals surface area contributed by atoms with Gasteiger partial charge in [0, 0.05) is 36.4 Å². The molecule has 1 atom stereocenters. The van der Waals surface area contributed by atoms with Crippen LogP contribution >= 0.6 is 11.3 Å². The molecule has 3 heterocycles. The number of aryl methyl sites for hydroxylation is 1. The van der Waals surface area contributed by atoms with Gasteiger partial charge in [-0.05, 0) is 44.3 Å². The van der Waals surface area contributed by atoms with Crippen LogP contribution in [0.3, 0.4) is 0 Å². The van der Waals surface area contributed by atoms with E-state index in [2.05, 4.69) is 27.3 Å². The van der Waals surface area contributed by atoms with Crippen LogP contribution in [0.1, 0.15) is 32.1 Å². The average molecular weight is 334 g/mol. The van der Waals surface area contributed by atoms with Gasteiger partial charge in [-0.15, -0.1) is 0 Å². The maximum atomic E-state index is 12.0. The van der Waals surface area contributed by atoms with Crippen molar-refractivity contribution in [1.29, 1.82) is 0 Å². The van der Waals surface area contributed by atoms with Gasteiger partial charge in [0.15, 0.2) is 0 Å². The van der Waals surface area contributed by atoms with Gasteiger partial charge in [-0.2, -0.15) is 16.3 Å². The molecule has 23 heavy (non-hydrogen) atoms. The number of carbonyl (C=O) groups is 1. The molecule has 1 amide bonds. The second-order valence-corrected chi connectivity index (χ2v) is 6.70. The number of rotatable bonds is 7. The predicted octanol–water partition coefficient (Wildman–Crippen LogP) is 2.33. The van der Waals surface area contributed by atoms with E-state index in [1.165, 1.54) is 12.8 Å². The minimum absolute atomic E-state index is 0.0336. The fourth-order valence-corrected chi connectivity index (χ4v) is 3.38. The molecule has 0 aromatic carbocycles. The van der Waals surface area contributed by atoms with E-state index >= 15 is 0 Å². The highest BCUT2D eigenvalue weighted by Gasteiger charge is 2.18. The van der Waals surface area contributed by atoms with Gasteiger partial charge in [0.1, 0.15) is 0 Å². The summed E-state index contributed by atoms with van der Waals surface area (Å²) >= 11 is 1.59.